The van der Waals surface area contributed by atoms with Crippen molar-refractivity contribution in [3.05, 3.63) is 112 Å². The number of nitrogens with one attached hydrogen (secondary N) is 1. The lowest BCUT2D eigenvalue weighted by atomic mass is 9.71. The molecular formula is C44H46ClF3N4O5. The predicted molar refractivity (Wildman–Crippen MR) is 213 cm³/mol. The first-order chi connectivity index (χ1) is 27.3. The summed E-state index contributed by atoms with van der Waals surface area (Å²) in [4.78, 5) is 48.5. The van der Waals surface area contributed by atoms with Gasteiger partial charge in [-0.3, -0.25) is 14.4 Å². The van der Waals surface area contributed by atoms with Crippen LogP contribution < -0.4 is 10.1 Å². The molecule has 0 saturated heterocycles. The minimum absolute atomic E-state index is 0.00122. The van der Waals surface area contributed by atoms with E-state index >= 15 is 0 Å². The van der Waals surface area contributed by atoms with Gasteiger partial charge in [0.1, 0.15) is 12.3 Å². The normalized spacial score (nSPS) is 18.4. The lowest BCUT2D eigenvalue weighted by molar-refractivity contribution is -0.139. The summed E-state index contributed by atoms with van der Waals surface area (Å²) < 4.78 is 45.8. The number of methoxy groups -OCH3 is 1. The van der Waals surface area contributed by atoms with Gasteiger partial charge in [-0.15, -0.1) is 0 Å². The number of aromatic nitrogens is 2. The number of amides is 2. The van der Waals surface area contributed by atoms with Gasteiger partial charge < -0.3 is 20.1 Å². The van der Waals surface area contributed by atoms with Crippen molar-refractivity contribution < 1.29 is 37.4 Å². The molecule has 1 heterocycles. The molecule has 1 saturated carbocycles. The second-order valence-corrected chi connectivity index (χ2v) is 15.3. The summed E-state index contributed by atoms with van der Waals surface area (Å²) in [7, 11) is 1.24. The number of carboxylic acids is 1. The number of hydrogen-bond acceptors (Lipinski definition) is 6. The fraction of sp³-hybridized carbons (Fsp3) is 0.386. The SMILES string of the molecule is CCC1CCC(C2CC=C(c3cnc(-c4ccc(CN(CC(=O)O)C(=O)c5ccc(NC(=O)Cc6ccc(OC)cc6C(F)(F)F)c(Cl)c5)cc4)nc3)CC2)CC1. The molecule has 2 aliphatic rings. The Kier molecular flexibility index (Phi) is 13.3. The summed E-state index contributed by atoms with van der Waals surface area (Å²) in [5, 5.41) is 12.0. The van der Waals surface area contributed by atoms with E-state index in [9.17, 15) is 32.7 Å². The van der Waals surface area contributed by atoms with Crippen LogP contribution in [0, 0.1) is 17.8 Å². The van der Waals surface area contributed by atoms with Crippen LogP contribution in [-0.2, 0) is 28.7 Å². The topological polar surface area (TPSA) is 122 Å². The van der Waals surface area contributed by atoms with E-state index < -0.39 is 42.5 Å². The minimum atomic E-state index is -4.71. The van der Waals surface area contributed by atoms with E-state index in [1.54, 1.807) is 12.1 Å². The van der Waals surface area contributed by atoms with Crippen LogP contribution in [0.4, 0.5) is 18.9 Å². The first-order valence-electron chi connectivity index (χ1n) is 19.3. The van der Waals surface area contributed by atoms with Gasteiger partial charge in [-0.1, -0.05) is 74.2 Å². The Morgan fingerprint density at radius 3 is 2.25 bits per heavy atom. The van der Waals surface area contributed by atoms with E-state index in [2.05, 4.69) is 28.3 Å². The smallest absolute Gasteiger partial charge is 0.416 e. The number of carbonyl (C=O) groups excluding carboxylic acids is 2. The van der Waals surface area contributed by atoms with E-state index in [1.165, 1.54) is 81.5 Å². The van der Waals surface area contributed by atoms with Gasteiger partial charge >= 0.3 is 12.1 Å². The molecule has 3 aromatic carbocycles. The number of allylic oxidation sites excluding steroid dienone is 2. The molecule has 0 radical (unpaired) electrons. The third kappa shape index (κ3) is 10.6. The van der Waals surface area contributed by atoms with Crippen LogP contribution in [0.25, 0.3) is 17.0 Å². The lowest BCUT2D eigenvalue weighted by Gasteiger charge is -2.35. The maximum absolute atomic E-state index is 13.6. The molecule has 1 atom stereocenters. The molecule has 2 amide bonds. The lowest BCUT2D eigenvalue weighted by Crippen LogP contribution is -2.35. The van der Waals surface area contributed by atoms with Gasteiger partial charge in [-0.25, -0.2) is 9.97 Å². The molecule has 13 heteroatoms. The monoisotopic (exact) mass is 802 g/mol. The standard InChI is InChI=1S/C44H46ClF3N4O5/c1-3-27-4-8-29(9-5-27)30-12-14-31(15-13-30)35-23-49-42(50-24-35)32-10-6-28(7-11-32)25-52(26-41(54)55)43(56)34-17-19-39(38(45)20-34)51-40(53)21-33-16-18-36(57-2)22-37(33)44(46,47)48/h6-7,10-11,14,16-20,22-24,27,29-30H,3-5,8-9,12-13,15,21,25-26H2,1-2H3,(H,51,53)(H,54,55). The number of hydrogen-bond donors (Lipinski definition) is 2. The number of halogens is 4. The molecular weight excluding hydrogens is 757 g/mol. The van der Waals surface area contributed by atoms with Gasteiger partial charge in [0.05, 0.1) is 29.8 Å². The number of anilines is 1. The number of carbonyl (C=O) groups is 3. The number of alkyl halides is 3. The number of carboxylic acid groups (broad SMARTS) is 1. The summed E-state index contributed by atoms with van der Waals surface area (Å²) in [6, 6.07) is 14.5. The highest BCUT2D eigenvalue weighted by Gasteiger charge is 2.34. The van der Waals surface area contributed by atoms with Crippen LogP contribution >= 0.6 is 11.6 Å². The number of ether oxygens (including phenoxy) is 1. The first-order valence-corrected chi connectivity index (χ1v) is 19.6. The Balaban J connectivity index is 1.06. The molecule has 6 rings (SSSR count). The van der Waals surface area contributed by atoms with Gasteiger partial charge in [0.2, 0.25) is 5.91 Å². The molecule has 0 aliphatic heterocycles. The van der Waals surface area contributed by atoms with Crippen molar-refractivity contribution >= 4 is 40.6 Å². The third-order valence-corrected chi connectivity index (χ3v) is 11.6. The molecule has 1 unspecified atom stereocenters. The highest BCUT2D eigenvalue weighted by atomic mass is 35.5. The van der Waals surface area contributed by atoms with Crippen LogP contribution in [0.15, 0.2) is 79.1 Å². The zero-order valence-electron chi connectivity index (χ0n) is 31.9. The highest BCUT2D eigenvalue weighted by molar-refractivity contribution is 6.34. The molecule has 300 valence electrons. The molecule has 0 bridgehead atoms. The van der Waals surface area contributed by atoms with Gasteiger partial charge in [-0.05, 0) is 96.9 Å². The number of rotatable bonds is 13. The van der Waals surface area contributed by atoms with Gasteiger partial charge in [0, 0.05) is 35.6 Å². The van der Waals surface area contributed by atoms with Crippen molar-refractivity contribution in [3.8, 4) is 17.1 Å². The minimum Gasteiger partial charge on any atom is -0.497 e. The molecule has 1 fully saturated rings. The summed E-state index contributed by atoms with van der Waals surface area (Å²) in [5.74, 6) is 0.462. The molecule has 2 N–H and O–H groups in total. The fourth-order valence-corrected chi connectivity index (χ4v) is 8.23. The van der Waals surface area contributed by atoms with Crippen molar-refractivity contribution in [1.29, 1.82) is 0 Å². The average Bonchev–Trinajstić information content (AvgIpc) is 3.21. The molecule has 2 aliphatic carbocycles. The van der Waals surface area contributed by atoms with Crippen molar-refractivity contribution in [3.63, 3.8) is 0 Å². The van der Waals surface area contributed by atoms with Gasteiger partial charge in [0.25, 0.3) is 5.91 Å². The summed E-state index contributed by atoms with van der Waals surface area (Å²) in [5.41, 5.74) is 2.64. The molecule has 9 nitrogen and oxygen atoms in total. The second-order valence-electron chi connectivity index (χ2n) is 14.9. The maximum Gasteiger partial charge on any atom is 0.416 e. The highest BCUT2D eigenvalue weighted by Crippen LogP contribution is 2.42. The number of benzene rings is 3. The van der Waals surface area contributed by atoms with Crippen molar-refractivity contribution in [1.82, 2.24) is 14.9 Å². The van der Waals surface area contributed by atoms with Crippen LogP contribution in [0.3, 0.4) is 0 Å². The summed E-state index contributed by atoms with van der Waals surface area (Å²) in [6.07, 6.45) is 10.9. The Morgan fingerprint density at radius 1 is 0.930 bits per heavy atom. The molecule has 57 heavy (non-hydrogen) atoms. The third-order valence-electron chi connectivity index (χ3n) is 11.3. The maximum atomic E-state index is 13.6. The van der Waals surface area contributed by atoms with Crippen LogP contribution in [-0.4, -0.2) is 51.4 Å². The Labute approximate surface area is 335 Å². The predicted octanol–water partition coefficient (Wildman–Crippen LogP) is 10.1. The van der Waals surface area contributed by atoms with E-state index in [0.717, 1.165) is 52.7 Å². The summed E-state index contributed by atoms with van der Waals surface area (Å²) >= 11 is 6.39. The molecule has 1 aromatic heterocycles. The first kappa shape index (κ1) is 41.4. The van der Waals surface area contributed by atoms with Crippen LogP contribution in [0.1, 0.15) is 90.9 Å². The van der Waals surface area contributed by atoms with Crippen LogP contribution in [0.2, 0.25) is 5.02 Å². The Bertz CT molecular complexity index is 2100. The van der Waals surface area contributed by atoms with E-state index in [0.29, 0.717) is 11.4 Å². The molecule has 4 aromatic rings. The average molecular weight is 803 g/mol. The molecule has 0 spiro atoms. The van der Waals surface area contributed by atoms with Crippen molar-refractivity contribution in [2.75, 3.05) is 19.0 Å². The van der Waals surface area contributed by atoms with E-state index in [4.69, 9.17) is 16.3 Å². The van der Waals surface area contributed by atoms with E-state index in [-0.39, 0.29) is 34.1 Å². The quantitative estimate of drug-likeness (QED) is 0.138. The largest absolute Gasteiger partial charge is 0.497 e. The van der Waals surface area contributed by atoms with E-state index in [1.807, 2.05) is 24.5 Å². The Morgan fingerprint density at radius 2 is 1.65 bits per heavy atom. The zero-order valence-corrected chi connectivity index (χ0v) is 32.7. The summed E-state index contributed by atoms with van der Waals surface area (Å²) in [6.45, 7) is 1.68. The van der Waals surface area contributed by atoms with Crippen molar-refractivity contribution in [2.24, 2.45) is 17.8 Å². The van der Waals surface area contributed by atoms with Crippen LogP contribution in [0.5, 0.6) is 5.75 Å². The second kappa shape index (κ2) is 18.4. The van der Waals surface area contributed by atoms with Gasteiger partial charge in [-0.2, -0.15) is 13.2 Å². The number of nitrogens with zero attached hydrogens (tertiary/aromatic N) is 3. The Hall–Kier alpha value is -5.23. The fourth-order valence-electron chi connectivity index (χ4n) is 8.00. The van der Waals surface area contributed by atoms with Gasteiger partial charge in [0.15, 0.2) is 5.82 Å². The zero-order chi connectivity index (χ0) is 40.7. The van der Waals surface area contributed by atoms with Crippen molar-refractivity contribution in [2.45, 2.75) is 77.4 Å². The number of aliphatic carboxylic acids is 1.